The zero-order valence-electron chi connectivity index (χ0n) is 18.7. The molecule has 0 amide bonds. The van der Waals surface area contributed by atoms with Crippen molar-refractivity contribution in [3.8, 4) is 11.1 Å². The van der Waals surface area contributed by atoms with E-state index in [-0.39, 0.29) is 5.41 Å². The van der Waals surface area contributed by atoms with Crippen molar-refractivity contribution in [2.45, 2.75) is 39.7 Å². The first-order valence-electron chi connectivity index (χ1n) is 11.2. The van der Waals surface area contributed by atoms with Crippen LogP contribution in [0.2, 0.25) is 0 Å². The lowest BCUT2D eigenvalue weighted by molar-refractivity contribution is 0.661. The second kappa shape index (κ2) is 6.34. The molecule has 0 saturated heterocycles. The van der Waals surface area contributed by atoms with Crippen LogP contribution in [0.15, 0.2) is 78.9 Å². The lowest BCUT2D eigenvalue weighted by Gasteiger charge is -2.21. The molecule has 0 radical (unpaired) electrons. The van der Waals surface area contributed by atoms with Crippen LogP contribution < -0.4 is 0 Å². The Bertz CT molecular complexity index is 1480. The fourth-order valence-electron chi connectivity index (χ4n) is 5.76. The molecule has 0 atom stereocenters. The molecule has 0 N–H and O–H groups in total. The molecule has 0 unspecified atom stereocenters. The summed E-state index contributed by atoms with van der Waals surface area (Å²) in [4.78, 5) is 0. The summed E-state index contributed by atoms with van der Waals surface area (Å²) in [6.45, 7) is 9.98. The highest BCUT2D eigenvalue weighted by atomic mass is 15.0. The van der Waals surface area contributed by atoms with Gasteiger partial charge in [0, 0.05) is 28.2 Å². The molecule has 0 fully saturated rings. The SMILES string of the molecule is Cc1cc(C)cc(Cn2c3ccccc3c3cc4c(cc32)-c2ccccc2C4(C)C)c1. The molecule has 0 saturated carbocycles. The van der Waals surface area contributed by atoms with Gasteiger partial charge in [-0.05, 0) is 59.9 Å². The summed E-state index contributed by atoms with van der Waals surface area (Å²) >= 11 is 0. The number of hydrogen-bond acceptors (Lipinski definition) is 0. The topological polar surface area (TPSA) is 4.93 Å². The number of benzene rings is 4. The van der Waals surface area contributed by atoms with Crippen LogP contribution in [0.5, 0.6) is 0 Å². The first-order valence-corrected chi connectivity index (χ1v) is 11.2. The van der Waals surface area contributed by atoms with Gasteiger partial charge >= 0.3 is 0 Å². The van der Waals surface area contributed by atoms with E-state index in [0.29, 0.717) is 0 Å². The molecule has 5 aromatic rings. The number of hydrogen-bond donors (Lipinski definition) is 0. The second-order valence-corrected chi connectivity index (χ2v) is 9.68. The number of fused-ring (bicyclic) bond motifs is 6. The molecule has 31 heavy (non-hydrogen) atoms. The minimum atomic E-state index is 0.0248. The number of aromatic nitrogens is 1. The first-order chi connectivity index (χ1) is 14.9. The summed E-state index contributed by atoms with van der Waals surface area (Å²) in [7, 11) is 0. The van der Waals surface area contributed by atoms with Gasteiger partial charge < -0.3 is 4.57 Å². The predicted octanol–water partition coefficient (Wildman–Crippen LogP) is 7.77. The highest BCUT2D eigenvalue weighted by molar-refractivity contribution is 6.10. The summed E-state index contributed by atoms with van der Waals surface area (Å²) < 4.78 is 2.51. The molecule has 1 aliphatic carbocycles. The minimum Gasteiger partial charge on any atom is -0.336 e. The third kappa shape index (κ3) is 2.63. The Balaban J connectivity index is 1.66. The van der Waals surface area contributed by atoms with Crippen LogP contribution in [0.3, 0.4) is 0 Å². The monoisotopic (exact) mass is 401 g/mol. The van der Waals surface area contributed by atoms with Crippen LogP contribution in [0.25, 0.3) is 32.9 Å². The Morgan fingerprint density at radius 3 is 2.16 bits per heavy atom. The van der Waals surface area contributed by atoms with Crippen LogP contribution in [-0.2, 0) is 12.0 Å². The van der Waals surface area contributed by atoms with Crippen molar-refractivity contribution < 1.29 is 0 Å². The van der Waals surface area contributed by atoms with Crippen molar-refractivity contribution in [2.24, 2.45) is 0 Å². The van der Waals surface area contributed by atoms with E-state index in [1.165, 1.54) is 60.8 Å². The Morgan fingerprint density at radius 1 is 0.645 bits per heavy atom. The average Bonchev–Trinajstić information content (AvgIpc) is 3.16. The summed E-state index contributed by atoms with van der Waals surface area (Å²) in [5.74, 6) is 0. The van der Waals surface area contributed by atoms with E-state index < -0.39 is 0 Å². The van der Waals surface area contributed by atoms with Crippen molar-refractivity contribution in [3.05, 3.63) is 107 Å². The zero-order chi connectivity index (χ0) is 21.3. The Hall–Kier alpha value is -3.32. The van der Waals surface area contributed by atoms with Gasteiger partial charge in [-0.1, -0.05) is 85.6 Å². The molecule has 4 aromatic carbocycles. The van der Waals surface area contributed by atoms with E-state index in [2.05, 4.69) is 111 Å². The van der Waals surface area contributed by atoms with E-state index >= 15 is 0 Å². The average molecular weight is 402 g/mol. The molecular weight excluding hydrogens is 374 g/mol. The van der Waals surface area contributed by atoms with Gasteiger partial charge in [0.15, 0.2) is 0 Å². The van der Waals surface area contributed by atoms with Gasteiger partial charge in [0.05, 0.1) is 5.52 Å². The van der Waals surface area contributed by atoms with E-state index in [9.17, 15) is 0 Å². The molecule has 1 heterocycles. The fraction of sp³-hybridized carbons (Fsp3) is 0.200. The van der Waals surface area contributed by atoms with Crippen LogP contribution in [-0.4, -0.2) is 4.57 Å². The molecular formula is C30H27N. The van der Waals surface area contributed by atoms with Gasteiger partial charge in [-0.15, -0.1) is 0 Å². The van der Waals surface area contributed by atoms with Crippen LogP contribution in [0.4, 0.5) is 0 Å². The number of aryl methyl sites for hydroxylation is 2. The van der Waals surface area contributed by atoms with Crippen LogP contribution >= 0.6 is 0 Å². The summed E-state index contributed by atoms with van der Waals surface area (Å²) in [5.41, 5.74) is 12.3. The van der Waals surface area contributed by atoms with Gasteiger partial charge in [0.2, 0.25) is 0 Å². The predicted molar refractivity (Wildman–Crippen MR) is 132 cm³/mol. The van der Waals surface area contributed by atoms with E-state index in [1.807, 2.05) is 0 Å². The number of rotatable bonds is 2. The third-order valence-electron chi connectivity index (χ3n) is 7.10. The Morgan fingerprint density at radius 2 is 1.35 bits per heavy atom. The summed E-state index contributed by atoms with van der Waals surface area (Å²) in [6.07, 6.45) is 0. The maximum Gasteiger partial charge on any atom is 0.0500 e. The molecule has 1 heteroatoms. The van der Waals surface area contributed by atoms with Crippen molar-refractivity contribution in [3.63, 3.8) is 0 Å². The van der Waals surface area contributed by atoms with E-state index in [4.69, 9.17) is 0 Å². The van der Waals surface area contributed by atoms with Gasteiger partial charge in [0.25, 0.3) is 0 Å². The smallest absolute Gasteiger partial charge is 0.0500 e. The largest absolute Gasteiger partial charge is 0.336 e. The standard InChI is InChI=1S/C30H27N/c1-19-13-20(2)15-21(14-19)18-31-28-12-8-6-10-23(28)25-16-27-24(17-29(25)31)22-9-5-7-11-26(22)30(27,3)4/h5-17H,18H2,1-4H3. The normalized spacial score (nSPS) is 14.2. The van der Waals surface area contributed by atoms with Crippen molar-refractivity contribution in [2.75, 3.05) is 0 Å². The molecule has 152 valence electrons. The van der Waals surface area contributed by atoms with E-state index in [1.54, 1.807) is 0 Å². The molecule has 0 spiro atoms. The maximum atomic E-state index is 2.51. The molecule has 1 nitrogen and oxygen atoms in total. The Labute approximate surface area is 184 Å². The second-order valence-electron chi connectivity index (χ2n) is 9.68. The Kier molecular flexibility index (Phi) is 3.77. The van der Waals surface area contributed by atoms with Crippen LogP contribution in [0.1, 0.15) is 41.7 Å². The number of nitrogens with zero attached hydrogens (tertiary/aromatic N) is 1. The maximum absolute atomic E-state index is 2.51. The molecule has 0 bridgehead atoms. The van der Waals surface area contributed by atoms with Gasteiger partial charge in [0.1, 0.15) is 0 Å². The minimum absolute atomic E-state index is 0.0248. The molecule has 6 rings (SSSR count). The molecule has 0 aliphatic heterocycles. The van der Waals surface area contributed by atoms with E-state index in [0.717, 1.165) is 6.54 Å². The summed E-state index contributed by atoms with van der Waals surface area (Å²) in [6, 6.07) is 29.6. The quantitative estimate of drug-likeness (QED) is 0.285. The lowest BCUT2D eigenvalue weighted by Crippen LogP contribution is -2.14. The summed E-state index contributed by atoms with van der Waals surface area (Å²) in [5, 5.41) is 2.70. The zero-order valence-corrected chi connectivity index (χ0v) is 18.7. The van der Waals surface area contributed by atoms with Gasteiger partial charge in [-0.25, -0.2) is 0 Å². The third-order valence-corrected chi connectivity index (χ3v) is 7.10. The molecule has 1 aromatic heterocycles. The van der Waals surface area contributed by atoms with Crippen molar-refractivity contribution in [1.82, 2.24) is 4.57 Å². The fourth-order valence-corrected chi connectivity index (χ4v) is 5.76. The lowest BCUT2D eigenvalue weighted by atomic mass is 9.82. The van der Waals surface area contributed by atoms with Gasteiger partial charge in [-0.2, -0.15) is 0 Å². The highest BCUT2D eigenvalue weighted by Crippen LogP contribution is 2.50. The van der Waals surface area contributed by atoms with Crippen molar-refractivity contribution >= 4 is 21.8 Å². The first kappa shape index (κ1) is 18.4. The highest BCUT2D eigenvalue weighted by Gasteiger charge is 2.35. The number of para-hydroxylation sites is 1. The molecule has 1 aliphatic rings. The van der Waals surface area contributed by atoms with Crippen molar-refractivity contribution in [1.29, 1.82) is 0 Å². The van der Waals surface area contributed by atoms with Crippen LogP contribution in [0, 0.1) is 13.8 Å². The van der Waals surface area contributed by atoms with Gasteiger partial charge in [-0.3, -0.25) is 0 Å².